The first-order valence-electron chi connectivity index (χ1n) is 15.7. The van der Waals surface area contributed by atoms with Gasteiger partial charge in [-0.05, 0) is 74.4 Å². The van der Waals surface area contributed by atoms with E-state index >= 15 is 0 Å². The summed E-state index contributed by atoms with van der Waals surface area (Å²) < 4.78 is 6.29. The van der Waals surface area contributed by atoms with Crippen LogP contribution in [0.25, 0.3) is 11.1 Å². The number of nitrogens with one attached hydrogen (secondary N) is 1. The maximum atomic E-state index is 13.9. The van der Waals surface area contributed by atoms with Gasteiger partial charge in [0, 0.05) is 76.0 Å². The highest BCUT2D eigenvalue weighted by molar-refractivity contribution is 5.85. The molecule has 2 aliphatic heterocycles. The normalized spacial score (nSPS) is 18.7. The van der Waals surface area contributed by atoms with Gasteiger partial charge >= 0.3 is 0 Å². The molecule has 3 fully saturated rings. The summed E-state index contributed by atoms with van der Waals surface area (Å²) in [7, 11) is 0. The van der Waals surface area contributed by atoms with E-state index in [1.54, 1.807) is 6.20 Å². The number of hydrogen-bond acceptors (Lipinski definition) is 6. The van der Waals surface area contributed by atoms with Crippen molar-refractivity contribution < 1.29 is 14.3 Å². The number of piperidine rings is 1. The molecular weight excluding hydrogens is 574 g/mol. The Morgan fingerprint density at radius 3 is 2.45 bits per heavy atom. The highest BCUT2D eigenvalue weighted by atomic mass is 35.5. The highest BCUT2D eigenvalue weighted by Gasteiger charge is 2.38. The zero-order chi connectivity index (χ0) is 29.8. The van der Waals surface area contributed by atoms with E-state index in [2.05, 4.69) is 56.5 Å². The van der Waals surface area contributed by atoms with Crippen molar-refractivity contribution in [2.24, 2.45) is 5.92 Å². The number of carbonyl (C=O) groups is 2. The minimum Gasteiger partial charge on any atom is -0.478 e. The van der Waals surface area contributed by atoms with Crippen LogP contribution < -0.4 is 15.0 Å². The van der Waals surface area contributed by atoms with Gasteiger partial charge in [0.1, 0.15) is 5.75 Å². The molecule has 0 radical (unpaired) electrons. The molecule has 6 rings (SSSR count). The molecule has 1 aliphatic carbocycles. The zero-order valence-electron chi connectivity index (χ0n) is 25.8. The van der Waals surface area contributed by atoms with Gasteiger partial charge in [0.2, 0.25) is 5.91 Å². The Hall–Kier alpha value is -3.62. The van der Waals surface area contributed by atoms with Gasteiger partial charge in [-0.2, -0.15) is 0 Å². The minimum atomic E-state index is -0.961. The lowest BCUT2D eigenvalue weighted by molar-refractivity contribution is -0.146. The summed E-state index contributed by atoms with van der Waals surface area (Å²) in [6.07, 6.45) is 7.69. The fourth-order valence-corrected chi connectivity index (χ4v) is 6.28. The number of benzene rings is 2. The lowest BCUT2D eigenvalue weighted by atomic mass is 9.95. The second-order valence-corrected chi connectivity index (χ2v) is 12.6. The first kappa shape index (κ1) is 31.8. The van der Waals surface area contributed by atoms with Crippen LogP contribution in [0.2, 0.25) is 0 Å². The van der Waals surface area contributed by atoms with Gasteiger partial charge in [0.25, 0.3) is 5.91 Å². The third kappa shape index (κ3) is 7.53. The van der Waals surface area contributed by atoms with Gasteiger partial charge in [-0.1, -0.05) is 36.4 Å². The molecule has 8 nitrogen and oxygen atoms in total. The monoisotopic (exact) mass is 617 g/mol. The first-order valence-corrected chi connectivity index (χ1v) is 15.7. The second-order valence-electron chi connectivity index (χ2n) is 12.6. The lowest BCUT2D eigenvalue weighted by Gasteiger charge is -2.37. The summed E-state index contributed by atoms with van der Waals surface area (Å²) in [6.45, 7) is 8.94. The lowest BCUT2D eigenvalue weighted by Crippen LogP contribution is -2.54. The number of ether oxygens (including phenoxy) is 1. The van der Waals surface area contributed by atoms with Gasteiger partial charge in [0.15, 0.2) is 5.60 Å². The smallest absolute Gasteiger partial charge is 0.266 e. The summed E-state index contributed by atoms with van der Waals surface area (Å²) in [5, 5.41) is 3.29. The van der Waals surface area contributed by atoms with E-state index in [1.807, 2.05) is 49.2 Å². The molecule has 3 aliphatic rings. The molecule has 2 saturated heterocycles. The molecule has 1 aromatic heterocycles. The molecule has 0 bridgehead atoms. The van der Waals surface area contributed by atoms with Gasteiger partial charge in [-0.3, -0.25) is 14.6 Å². The quantitative estimate of drug-likeness (QED) is 0.357. The average molecular weight is 618 g/mol. The Kier molecular flexibility index (Phi) is 10.1. The van der Waals surface area contributed by atoms with E-state index in [1.165, 1.54) is 0 Å². The number of carbonyl (C=O) groups excluding carboxylic acids is 2. The summed E-state index contributed by atoms with van der Waals surface area (Å²) in [5.41, 5.74) is 3.45. The molecule has 234 valence electrons. The van der Waals surface area contributed by atoms with E-state index in [0.29, 0.717) is 38.0 Å². The third-order valence-electron chi connectivity index (χ3n) is 8.82. The highest BCUT2D eigenvalue weighted by Crippen LogP contribution is 2.34. The molecule has 2 amide bonds. The van der Waals surface area contributed by atoms with Gasteiger partial charge in [0.05, 0.1) is 5.92 Å². The topological polar surface area (TPSA) is 78.0 Å². The molecular formula is C35H44ClN5O3. The average Bonchev–Trinajstić information content (AvgIpc) is 3.90. The Balaban J connectivity index is 0.00000384. The van der Waals surface area contributed by atoms with E-state index < -0.39 is 5.60 Å². The van der Waals surface area contributed by atoms with Gasteiger partial charge < -0.3 is 24.8 Å². The van der Waals surface area contributed by atoms with E-state index in [9.17, 15) is 9.59 Å². The van der Waals surface area contributed by atoms with Crippen LogP contribution in [-0.4, -0.2) is 77.5 Å². The number of piperazine rings is 1. The van der Waals surface area contributed by atoms with Crippen molar-refractivity contribution in [2.45, 2.75) is 57.7 Å². The summed E-state index contributed by atoms with van der Waals surface area (Å²) in [5.74, 6) is 0.904. The van der Waals surface area contributed by atoms with Crippen LogP contribution in [0.1, 0.15) is 45.1 Å². The molecule has 1 N–H and O–H groups in total. The molecule has 9 heteroatoms. The molecule has 3 heterocycles. The van der Waals surface area contributed by atoms with Gasteiger partial charge in [-0.25, -0.2) is 0 Å². The van der Waals surface area contributed by atoms with Crippen LogP contribution in [-0.2, 0) is 16.1 Å². The van der Waals surface area contributed by atoms with Crippen molar-refractivity contribution >= 4 is 29.9 Å². The molecule has 0 spiro atoms. The number of rotatable bonds is 9. The largest absolute Gasteiger partial charge is 0.478 e. The summed E-state index contributed by atoms with van der Waals surface area (Å²) >= 11 is 0. The van der Waals surface area contributed by atoms with E-state index in [-0.39, 0.29) is 30.1 Å². The van der Waals surface area contributed by atoms with Crippen molar-refractivity contribution in [1.82, 2.24) is 20.1 Å². The molecule has 3 aromatic rings. The second kappa shape index (κ2) is 14.0. The minimum absolute atomic E-state index is 0. The van der Waals surface area contributed by atoms with E-state index in [4.69, 9.17) is 4.74 Å². The predicted octanol–water partition coefficient (Wildman–Crippen LogP) is 5.17. The molecule has 44 heavy (non-hydrogen) atoms. The fourth-order valence-electron chi connectivity index (χ4n) is 6.28. The Morgan fingerprint density at radius 1 is 0.977 bits per heavy atom. The summed E-state index contributed by atoms with van der Waals surface area (Å²) in [4.78, 5) is 37.7. The van der Waals surface area contributed by atoms with Crippen LogP contribution >= 0.6 is 12.4 Å². The number of amides is 2. The van der Waals surface area contributed by atoms with Crippen molar-refractivity contribution in [3.8, 4) is 16.9 Å². The maximum absolute atomic E-state index is 13.9. The number of pyridine rings is 1. The zero-order valence-corrected chi connectivity index (χ0v) is 26.6. The third-order valence-corrected chi connectivity index (χ3v) is 8.82. The van der Waals surface area contributed by atoms with Gasteiger partial charge in [-0.15, -0.1) is 12.4 Å². The summed E-state index contributed by atoms with van der Waals surface area (Å²) in [6, 6.07) is 20.9. The number of hydrogen-bond donors (Lipinski definition) is 1. The Morgan fingerprint density at radius 2 is 1.75 bits per heavy atom. The van der Waals surface area contributed by atoms with Crippen LogP contribution in [0.15, 0.2) is 73.1 Å². The fraction of sp³-hybridized carbons (Fsp3) is 0.457. The van der Waals surface area contributed by atoms with Crippen LogP contribution in [0.5, 0.6) is 5.75 Å². The SMILES string of the molecule is CC(C)(Oc1cccc(N2CCC[C@@H](C(=O)N(Cc3ccc(-c4cccnc4)cc3)C3CC3)C2)c1)C(=O)N1CCNCC1.Cl. The molecule has 1 atom stereocenters. The van der Waals surface area contributed by atoms with Crippen molar-refractivity contribution in [1.29, 1.82) is 0 Å². The number of aromatic nitrogens is 1. The van der Waals surface area contributed by atoms with Crippen molar-refractivity contribution in [3.63, 3.8) is 0 Å². The number of nitrogens with zero attached hydrogens (tertiary/aromatic N) is 4. The Bertz CT molecular complexity index is 1410. The number of anilines is 1. The molecule has 2 aromatic carbocycles. The number of halogens is 1. The van der Waals surface area contributed by atoms with Crippen molar-refractivity contribution in [3.05, 3.63) is 78.6 Å². The van der Waals surface area contributed by atoms with Crippen LogP contribution in [0.3, 0.4) is 0 Å². The predicted molar refractivity (Wildman–Crippen MR) is 176 cm³/mol. The van der Waals surface area contributed by atoms with Crippen molar-refractivity contribution in [2.75, 3.05) is 44.2 Å². The van der Waals surface area contributed by atoms with Crippen LogP contribution in [0.4, 0.5) is 5.69 Å². The maximum Gasteiger partial charge on any atom is 0.266 e. The Labute approximate surface area is 267 Å². The molecule has 0 unspecified atom stereocenters. The molecule has 1 saturated carbocycles. The van der Waals surface area contributed by atoms with E-state index in [0.717, 1.165) is 67.7 Å². The first-order chi connectivity index (χ1) is 20.9. The standard InChI is InChI=1S/C35H43N5O3.ClH/c1-35(2,34(42)38-20-17-36-18-21-38)43-32-9-3-8-31(22-32)39-19-5-7-29(25-39)33(41)40(30-14-15-30)24-26-10-12-27(13-11-26)28-6-4-16-37-23-28;/h3-4,6,8-13,16,22-23,29-30,36H,5,7,14-15,17-21,24-25H2,1-2H3;1H/t29-;/m1./s1. The van der Waals surface area contributed by atoms with Crippen LogP contribution in [0, 0.1) is 5.92 Å².